The van der Waals surface area contributed by atoms with Gasteiger partial charge < -0.3 is 10.2 Å². The molecule has 2 heterocycles. The van der Waals surface area contributed by atoms with Crippen molar-refractivity contribution in [2.45, 2.75) is 12.7 Å². The third-order valence-electron chi connectivity index (χ3n) is 4.92. The highest BCUT2D eigenvalue weighted by Crippen LogP contribution is 2.38. The van der Waals surface area contributed by atoms with Gasteiger partial charge in [0.1, 0.15) is 0 Å². The van der Waals surface area contributed by atoms with E-state index in [1.54, 1.807) is 24.3 Å². The summed E-state index contributed by atoms with van der Waals surface area (Å²) in [6, 6.07) is 16.8. The molecule has 0 spiro atoms. The molecule has 0 aliphatic carbocycles. The highest BCUT2D eigenvalue weighted by atomic mass is 35.5. The molecule has 0 unspecified atom stereocenters. The number of alkyl halides is 3. The fraction of sp³-hybridized carbons (Fsp3) is 0.227. The Morgan fingerprint density at radius 1 is 1.00 bits per heavy atom. The third kappa shape index (κ3) is 4.22. The number of hydrogen-bond donors (Lipinski definition) is 1. The zero-order chi connectivity index (χ0) is 20.6. The molecule has 0 amide bonds. The predicted octanol–water partition coefficient (Wildman–Crippen LogP) is 5.02. The number of nitrogens with one attached hydrogen (secondary N) is 1. The number of anilines is 1. The molecule has 2 aromatic carbocycles. The molecule has 4 nitrogen and oxygen atoms in total. The van der Waals surface area contributed by atoms with Crippen LogP contribution in [0.15, 0.2) is 54.6 Å². The second-order valence-corrected chi connectivity index (χ2v) is 7.18. The highest BCUT2D eigenvalue weighted by Gasteiger charge is 2.40. The standard InChI is InChI=1S/C22H21F3N4.ClH/c1-28(2)17-10-8-15(9-11-17)12-16-13-26-14-19-20(16)29(18-6-4-3-5-7-18)27-21(19)22(23,24)25;/h3-12,26H,13-14H2,1-2H3;1H/b16-12+;. The minimum Gasteiger partial charge on any atom is -0.378 e. The van der Waals surface area contributed by atoms with E-state index in [1.165, 1.54) is 4.68 Å². The third-order valence-corrected chi connectivity index (χ3v) is 4.92. The lowest BCUT2D eigenvalue weighted by Crippen LogP contribution is -2.25. The van der Waals surface area contributed by atoms with E-state index < -0.39 is 11.9 Å². The van der Waals surface area contributed by atoms with Crippen molar-refractivity contribution in [3.8, 4) is 5.69 Å². The summed E-state index contributed by atoms with van der Waals surface area (Å²) in [6.45, 7) is 0.603. The van der Waals surface area contributed by atoms with Gasteiger partial charge in [-0.2, -0.15) is 18.3 Å². The molecular formula is C22H22ClF3N4. The summed E-state index contributed by atoms with van der Waals surface area (Å²) < 4.78 is 42.4. The van der Waals surface area contributed by atoms with Crippen molar-refractivity contribution >= 4 is 29.7 Å². The molecule has 1 aliphatic heterocycles. The fourth-order valence-electron chi connectivity index (χ4n) is 3.53. The molecular weight excluding hydrogens is 413 g/mol. The molecule has 3 aromatic rings. The maximum atomic E-state index is 13.7. The first-order valence-corrected chi connectivity index (χ1v) is 9.28. The summed E-state index contributed by atoms with van der Waals surface area (Å²) in [7, 11) is 3.92. The van der Waals surface area contributed by atoms with E-state index in [0.717, 1.165) is 16.8 Å². The minimum absolute atomic E-state index is 0. The number of para-hydroxylation sites is 1. The topological polar surface area (TPSA) is 33.1 Å². The predicted molar refractivity (Wildman–Crippen MR) is 116 cm³/mol. The average Bonchev–Trinajstić information content (AvgIpc) is 3.10. The van der Waals surface area contributed by atoms with Crippen molar-refractivity contribution < 1.29 is 13.2 Å². The first-order chi connectivity index (χ1) is 13.8. The van der Waals surface area contributed by atoms with E-state index in [2.05, 4.69) is 10.4 Å². The molecule has 8 heteroatoms. The Morgan fingerprint density at radius 2 is 1.67 bits per heavy atom. The van der Waals surface area contributed by atoms with Crippen LogP contribution >= 0.6 is 12.4 Å². The van der Waals surface area contributed by atoms with Crippen LogP contribution in [0.2, 0.25) is 0 Å². The first-order valence-electron chi connectivity index (χ1n) is 9.28. The molecule has 158 valence electrons. The SMILES string of the molecule is CN(C)c1ccc(/C=C2\CNCc3c(C(F)(F)F)nn(-c4ccccc4)c32)cc1.Cl. The van der Waals surface area contributed by atoms with Gasteiger partial charge in [0.2, 0.25) is 0 Å². The van der Waals surface area contributed by atoms with Crippen LogP contribution in [-0.2, 0) is 12.7 Å². The van der Waals surface area contributed by atoms with E-state index in [9.17, 15) is 13.2 Å². The van der Waals surface area contributed by atoms with Crippen LogP contribution < -0.4 is 10.2 Å². The largest absolute Gasteiger partial charge is 0.435 e. The molecule has 0 saturated carbocycles. The smallest absolute Gasteiger partial charge is 0.378 e. The van der Waals surface area contributed by atoms with Crippen LogP contribution in [0.1, 0.15) is 22.5 Å². The van der Waals surface area contributed by atoms with E-state index in [-0.39, 0.29) is 24.5 Å². The zero-order valence-electron chi connectivity index (χ0n) is 16.6. The van der Waals surface area contributed by atoms with Crippen molar-refractivity contribution in [3.63, 3.8) is 0 Å². The summed E-state index contributed by atoms with van der Waals surface area (Å²) in [5.74, 6) is 0. The molecule has 0 saturated heterocycles. The van der Waals surface area contributed by atoms with Crippen LogP contribution in [0.3, 0.4) is 0 Å². The molecule has 1 aliphatic rings. The van der Waals surface area contributed by atoms with Crippen LogP contribution in [0.5, 0.6) is 0 Å². The van der Waals surface area contributed by atoms with Crippen molar-refractivity contribution in [1.82, 2.24) is 15.1 Å². The number of rotatable bonds is 3. The molecule has 0 fully saturated rings. The van der Waals surface area contributed by atoms with Crippen LogP contribution in [-0.4, -0.2) is 30.4 Å². The lowest BCUT2D eigenvalue weighted by atomic mass is 9.99. The fourth-order valence-corrected chi connectivity index (χ4v) is 3.53. The van der Waals surface area contributed by atoms with Gasteiger partial charge in [0.25, 0.3) is 0 Å². The number of fused-ring (bicyclic) bond motifs is 1. The Hall–Kier alpha value is -2.77. The van der Waals surface area contributed by atoms with E-state index >= 15 is 0 Å². The summed E-state index contributed by atoms with van der Waals surface area (Å²) >= 11 is 0. The number of hydrogen-bond acceptors (Lipinski definition) is 3. The Morgan fingerprint density at radius 3 is 2.27 bits per heavy atom. The van der Waals surface area contributed by atoms with E-state index in [4.69, 9.17) is 0 Å². The average molecular weight is 435 g/mol. The van der Waals surface area contributed by atoms with Crippen molar-refractivity contribution in [2.75, 3.05) is 25.5 Å². The molecule has 4 rings (SSSR count). The van der Waals surface area contributed by atoms with Crippen LogP contribution in [0.4, 0.5) is 18.9 Å². The van der Waals surface area contributed by atoms with Crippen molar-refractivity contribution in [3.05, 3.63) is 77.1 Å². The maximum absolute atomic E-state index is 13.7. The van der Waals surface area contributed by atoms with Crippen LogP contribution in [0, 0.1) is 0 Å². The lowest BCUT2D eigenvalue weighted by Gasteiger charge is -2.20. The van der Waals surface area contributed by atoms with Crippen molar-refractivity contribution in [1.29, 1.82) is 0 Å². The summed E-state index contributed by atoms with van der Waals surface area (Å²) in [6.07, 6.45) is -2.59. The molecule has 30 heavy (non-hydrogen) atoms. The second kappa shape index (κ2) is 8.53. The number of halogens is 4. The normalized spacial score (nSPS) is 14.9. The Balaban J connectivity index is 0.00000256. The van der Waals surface area contributed by atoms with Gasteiger partial charge in [0.15, 0.2) is 5.69 Å². The summed E-state index contributed by atoms with van der Waals surface area (Å²) in [5.41, 5.74) is 3.23. The summed E-state index contributed by atoms with van der Waals surface area (Å²) in [5, 5.41) is 7.06. The number of nitrogens with zero attached hydrogens (tertiary/aromatic N) is 3. The van der Waals surface area contributed by atoms with Gasteiger partial charge in [-0.3, -0.25) is 0 Å². The summed E-state index contributed by atoms with van der Waals surface area (Å²) in [4.78, 5) is 2.00. The van der Waals surface area contributed by atoms with E-state index in [0.29, 0.717) is 17.9 Å². The van der Waals surface area contributed by atoms with Gasteiger partial charge in [0, 0.05) is 38.4 Å². The molecule has 1 aromatic heterocycles. The molecule has 0 radical (unpaired) electrons. The van der Waals surface area contributed by atoms with Gasteiger partial charge in [-0.1, -0.05) is 30.3 Å². The first kappa shape index (κ1) is 21.9. The van der Waals surface area contributed by atoms with Gasteiger partial charge in [-0.25, -0.2) is 4.68 Å². The Labute approximate surface area is 179 Å². The second-order valence-electron chi connectivity index (χ2n) is 7.18. The quantitative estimate of drug-likeness (QED) is 0.628. The van der Waals surface area contributed by atoms with Gasteiger partial charge >= 0.3 is 6.18 Å². The molecule has 0 atom stereocenters. The van der Waals surface area contributed by atoms with Gasteiger partial charge in [-0.15, -0.1) is 12.4 Å². The van der Waals surface area contributed by atoms with Gasteiger partial charge in [0.05, 0.1) is 11.4 Å². The molecule has 1 N–H and O–H groups in total. The Bertz CT molecular complexity index is 1040. The number of benzene rings is 2. The van der Waals surface area contributed by atoms with Crippen molar-refractivity contribution in [2.24, 2.45) is 0 Å². The zero-order valence-corrected chi connectivity index (χ0v) is 17.4. The maximum Gasteiger partial charge on any atom is 0.435 e. The minimum atomic E-state index is -4.51. The highest BCUT2D eigenvalue weighted by molar-refractivity contribution is 5.85. The molecule has 0 bridgehead atoms. The number of aromatic nitrogens is 2. The lowest BCUT2D eigenvalue weighted by molar-refractivity contribution is -0.142. The van der Waals surface area contributed by atoms with Gasteiger partial charge in [-0.05, 0) is 41.5 Å². The van der Waals surface area contributed by atoms with E-state index in [1.807, 2.05) is 55.4 Å². The monoisotopic (exact) mass is 434 g/mol. The Kier molecular flexibility index (Phi) is 6.24. The van der Waals surface area contributed by atoms with Crippen LogP contribution in [0.25, 0.3) is 17.3 Å².